The Labute approximate surface area is 210 Å². The van der Waals surface area contributed by atoms with Crippen LogP contribution in [0.4, 0.5) is 4.79 Å². The summed E-state index contributed by atoms with van der Waals surface area (Å²) in [6, 6.07) is 16.3. The maximum absolute atomic E-state index is 12.0. The molecule has 4 aromatic rings. The molecule has 0 unspecified atom stereocenters. The van der Waals surface area contributed by atoms with Crippen molar-refractivity contribution in [2.75, 3.05) is 0 Å². The maximum atomic E-state index is 12.0. The van der Waals surface area contributed by atoms with Gasteiger partial charge in [0.25, 0.3) is 0 Å². The van der Waals surface area contributed by atoms with Crippen LogP contribution >= 0.6 is 0 Å². The van der Waals surface area contributed by atoms with Gasteiger partial charge in [0, 0.05) is 12.0 Å². The normalized spacial score (nSPS) is 11.4. The fraction of sp³-hybridized carbons (Fsp3) is 0.385. The van der Waals surface area contributed by atoms with Gasteiger partial charge >= 0.3 is 6.09 Å². The molecular formula is C26H32N8O2. The minimum absolute atomic E-state index is 0.215. The van der Waals surface area contributed by atoms with E-state index >= 15 is 0 Å². The summed E-state index contributed by atoms with van der Waals surface area (Å²) in [6.45, 7) is 8.45. The number of tetrazole rings is 1. The summed E-state index contributed by atoms with van der Waals surface area (Å²) in [7, 11) is 0. The molecule has 0 saturated heterocycles. The van der Waals surface area contributed by atoms with Gasteiger partial charge in [-0.25, -0.2) is 14.5 Å². The van der Waals surface area contributed by atoms with Crippen molar-refractivity contribution in [3.63, 3.8) is 0 Å². The topological polar surface area (TPSA) is 123 Å². The van der Waals surface area contributed by atoms with Crippen molar-refractivity contribution >= 4 is 6.09 Å². The lowest BCUT2D eigenvalue weighted by molar-refractivity contribution is 0.0522. The van der Waals surface area contributed by atoms with Crippen LogP contribution in [-0.2, 0) is 24.2 Å². The highest BCUT2D eigenvalue weighted by molar-refractivity contribution is 5.80. The van der Waals surface area contributed by atoms with E-state index in [0.717, 1.165) is 47.3 Å². The molecule has 0 aliphatic rings. The molecule has 188 valence electrons. The average molecular weight is 489 g/mol. The molecule has 0 fully saturated rings. The molecular weight excluding hydrogens is 456 g/mol. The Morgan fingerprint density at radius 3 is 2.50 bits per heavy atom. The number of ether oxygens (including phenoxy) is 1. The van der Waals surface area contributed by atoms with Crippen molar-refractivity contribution in [3.8, 4) is 22.5 Å². The molecule has 0 aliphatic heterocycles. The third-order valence-electron chi connectivity index (χ3n) is 5.45. The number of H-pyrrole nitrogens is 1. The summed E-state index contributed by atoms with van der Waals surface area (Å²) >= 11 is 0. The van der Waals surface area contributed by atoms with Gasteiger partial charge in [0.1, 0.15) is 11.4 Å². The monoisotopic (exact) mass is 488 g/mol. The number of carbonyl (C=O) groups is 1. The first-order valence-electron chi connectivity index (χ1n) is 12.1. The molecule has 10 heteroatoms. The van der Waals surface area contributed by atoms with Gasteiger partial charge < -0.3 is 10.1 Å². The van der Waals surface area contributed by atoms with Crippen LogP contribution in [0, 0.1) is 0 Å². The smallest absolute Gasteiger partial charge is 0.408 e. The second-order valence-electron chi connectivity index (χ2n) is 9.54. The van der Waals surface area contributed by atoms with Crippen molar-refractivity contribution in [1.82, 2.24) is 40.7 Å². The molecule has 4 rings (SSSR count). The molecule has 2 aromatic heterocycles. The number of hydrogen-bond donors (Lipinski definition) is 2. The third-order valence-corrected chi connectivity index (χ3v) is 5.45. The number of benzene rings is 2. The van der Waals surface area contributed by atoms with Crippen LogP contribution in [0.1, 0.15) is 57.7 Å². The number of aromatic amines is 1. The highest BCUT2D eigenvalue weighted by Gasteiger charge is 2.17. The van der Waals surface area contributed by atoms with Crippen LogP contribution in [0.2, 0.25) is 0 Å². The molecule has 1 amide bonds. The van der Waals surface area contributed by atoms with Gasteiger partial charge in [0.2, 0.25) is 5.82 Å². The SMILES string of the molecule is CCCCc1nc(CNC(=O)OC(C)(C)C)nn1Cc1ccc(-c2ccccc2-c2nn[nH]n2)cc1. The lowest BCUT2D eigenvalue weighted by atomic mass is 9.98. The van der Waals surface area contributed by atoms with Gasteiger partial charge in [0.05, 0.1) is 13.1 Å². The number of nitrogens with zero attached hydrogens (tertiary/aromatic N) is 6. The Hall–Kier alpha value is -4.08. The number of rotatable bonds is 9. The van der Waals surface area contributed by atoms with E-state index in [-0.39, 0.29) is 6.54 Å². The van der Waals surface area contributed by atoms with Crippen LogP contribution < -0.4 is 5.32 Å². The maximum Gasteiger partial charge on any atom is 0.408 e. The third kappa shape index (κ3) is 6.53. The summed E-state index contributed by atoms with van der Waals surface area (Å²) in [5.41, 5.74) is 3.56. The lowest BCUT2D eigenvalue weighted by Crippen LogP contribution is -2.32. The van der Waals surface area contributed by atoms with E-state index < -0.39 is 11.7 Å². The molecule has 2 N–H and O–H groups in total. The van der Waals surface area contributed by atoms with E-state index in [0.29, 0.717) is 18.2 Å². The zero-order chi connectivity index (χ0) is 25.5. The molecule has 2 heterocycles. The van der Waals surface area contributed by atoms with Gasteiger partial charge in [0.15, 0.2) is 5.82 Å². The van der Waals surface area contributed by atoms with E-state index in [2.05, 4.69) is 67.2 Å². The number of carbonyl (C=O) groups excluding carboxylic acids is 1. The van der Waals surface area contributed by atoms with Crippen molar-refractivity contribution in [1.29, 1.82) is 0 Å². The fourth-order valence-corrected chi connectivity index (χ4v) is 3.78. The zero-order valence-corrected chi connectivity index (χ0v) is 21.2. The first kappa shape index (κ1) is 25.0. The largest absolute Gasteiger partial charge is 0.444 e. The molecule has 0 saturated carbocycles. The number of aryl methyl sites for hydroxylation is 1. The predicted octanol–water partition coefficient (Wildman–Crippen LogP) is 4.54. The van der Waals surface area contributed by atoms with E-state index in [9.17, 15) is 4.79 Å². The first-order chi connectivity index (χ1) is 17.3. The van der Waals surface area contributed by atoms with Crippen molar-refractivity contribution in [2.24, 2.45) is 0 Å². The summed E-state index contributed by atoms with van der Waals surface area (Å²) in [5, 5.41) is 21.9. The average Bonchev–Trinajstić information content (AvgIpc) is 3.51. The van der Waals surface area contributed by atoms with Crippen molar-refractivity contribution in [3.05, 3.63) is 65.7 Å². The number of aromatic nitrogens is 7. The molecule has 0 atom stereocenters. The minimum atomic E-state index is -0.554. The number of alkyl carbamates (subject to hydrolysis) is 1. The number of nitrogens with one attached hydrogen (secondary N) is 2. The Bertz CT molecular complexity index is 1270. The molecule has 2 aromatic carbocycles. The van der Waals surface area contributed by atoms with E-state index in [1.165, 1.54) is 0 Å². The molecule has 0 spiro atoms. The Morgan fingerprint density at radius 2 is 1.83 bits per heavy atom. The Morgan fingerprint density at radius 1 is 1.08 bits per heavy atom. The van der Waals surface area contributed by atoms with Crippen LogP contribution in [0.3, 0.4) is 0 Å². The molecule has 10 nitrogen and oxygen atoms in total. The highest BCUT2D eigenvalue weighted by atomic mass is 16.6. The Balaban J connectivity index is 1.49. The summed E-state index contributed by atoms with van der Waals surface area (Å²) in [6.07, 6.45) is 2.42. The minimum Gasteiger partial charge on any atom is -0.444 e. The molecule has 0 bridgehead atoms. The summed E-state index contributed by atoms with van der Waals surface area (Å²) in [4.78, 5) is 16.7. The van der Waals surface area contributed by atoms with Crippen LogP contribution in [-0.4, -0.2) is 47.1 Å². The first-order valence-corrected chi connectivity index (χ1v) is 12.1. The quantitative estimate of drug-likeness (QED) is 0.354. The summed E-state index contributed by atoms with van der Waals surface area (Å²) in [5.74, 6) is 2.03. The van der Waals surface area contributed by atoms with E-state index in [1.54, 1.807) is 0 Å². The molecule has 0 radical (unpaired) electrons. The second-order valence-corrected chi connectivity index (χ2v) is 9.54. The van der Waals surface area contributed by atoms with Crippen molar-refractivity contribution < 1.29 is 9.53 Å². The molecule has 0 aliphatic carbocycles. The van der Waals surface area contributed by atoms with E-state index in [1.807, 2.05) is 49.7 Å². The fourth-order valence-electron chi connectivity index (χ4n) is 3.78. The van der Waals surface area contributed by atoms with E-state index in [4.69, 9.17) is 4.74 Å². The summed E-state index contributed by atoms with van der Waals surface area (Å²) < 4.78 is 7.23. The van der Waals surface area contributed by atoms with Gasteiger partial charge in [-0.05, 0) is 49.1 Å². The lowest BCUT2D eigenvalue weighted by Gasteiger charge is -2.19. The number of unbranched alkanes of at least 4 members (excludes halogenated alkanes) is 1. The van der Waals surface area contributed by atoms with Gasteiger partial charge in [-0.3, -0.25) is 0 Å². The second kappa shape index (κ2) is 11.1. The van der Waals surface area contributed by atoms with Crippen LogP contribution in [0.5, 0.6) is 0 Å². The van der Waals surface area contributed by atoms with Gasteiger partial charge in [-0.1, -0.05) is 61.9 Å². The van der Waals surface area contributed by atoms with Crippen molar-refractivity contribution in [2.45, 2.75) is 65.6 Å². The van der Waals surface area contributed by atoms with Crippen LogP contribution in [0.15, 0.2) is 48.5 Å². The number of hydrogen-bond acceptors (Lipinski definition) is 7. The predicted molar refractivity (Wildman–Crippen MR) is 136 cm³/mol. The Kier molecular flexibility index (Phi) is 7.72. The highest BCUT2D eigenvalue weighted by Crippen LogP contribution is 2.29. The standard InChI is InChI=1S/C26H32N8O2/c1-5-6-11-23-28-22(16-27-25(35)36-26(2,3)4)31-34(23)17-18-12-14-19(15-13-18)20-9-7-8-10-21(20)24-29-32-33-30-24/h7-10,12-15H,5-6,11,16-17H2,1-4H3,(H,27,35)(H,29,30,32,33). The van der Waals surface area contributed by atoms with Gasteiger partial charge in [-0.2, -0.15) is 10.3 Å². The van der Waals surface area contributed by atoms with Gasteiger partial charge in [-0.15, -0.1) is 10.2 Å². The zero-order valence-electron chi connectivity index (χ0n) is 21.2. The van der Waals surface area contributed by atoms with Crippen LogP contribution in [0.25, 0.3) is 22.5 Å². The number of amides is 1. The molecule has 36 heavy (non-hydrogen) atoms.